The quantitative estimate of drug-likeness (QED) is 0.759. The zero-order valence-electron chi connectivity index (χ0n) is 11.9. The molecule has 0 aromatic carbocycles. The molecule has 0 aliphatic carbocycles. The van der Waals surface area contributed by atoms with E-state index in [4.69, 9.17) is 9.47 Å². The summed E-state index contributed by atoms with van der Waals surface area (Å²) in [6, 6.07) is 1.74. The Kier molecular flexibility index (Phi) is 3.97. The van der Waals surface area contributed by atoms with Crippen LogP contribution in [0.4, 0.5) is 0 Å². The number of carbonyl (C=O) groups is 1. The Hall–Kier alpha value is -2.44. The molecule has 0 radical (unpaired) electrons. The van der Waals surface area contributed by atoms with Crippen LogP contribution in [0.15, 0.2) is 12.3 Å². The van der Waals surface area contributed by atoms with Gasteiger partial charge in [0.25, 0.3) is 0 Å². The average Bonchev–Trinajstić information content (AvgIpc) is 2.86. The van der Waals surface area contributed by atoms with E-state index in [9.17, 15) is 4.79 Å². The lowest BCUT2D eigenvalue weighted by Crippen LogP contribution is -2.12. The summed E-state index contributed by atoms with van der Waals surface area (Å²) in [7, 11) is 4.62. The van der Waals surface area contributed by atoms with Gasteiger partial charge in [-0.15, -0.1) is 0 Å². The van der Waals surface area contributed by atoms with Gasteiger partial charge in [-0.1, -0.05) is 6.92 Å². The minimum atomic E-state index is -0.285. The van der Waals surface area contributed by atoms with Crippen LogP contribution in [0, 0.1) is 0 Å². The van der Waals surface area contributed by atoms with Gasteiger partial charge in [-0.05, 0) is 12.5 Å². The van der Waals surface area contributed by atoms with Crippen molar-refractivity contribution in [2.24, 2.45) is 7.05 Å². The van der Waals surface area contributed by atoms with E-state index in [1.807, 2.05) is 6.92 Å². The molecule has 7 nitrogen and oxygen atoms in total. The first kappa shape index (κ1) is 14.0. The van der Waals surface area contributed by atoms with E-state index in [1.165, 1.54) is 25.1 Å². The lowest BCUT2D eigenvalue weighted by atomic mass is 10.2. The molecule has 0 unspecified atom stereocenters. The second-order valence-electron chi connectivity index (χ2n) is 4.10. The summed E-state index contributed by atoms with van der Waals surface area (Å²) in [5.74, 6) is 0.137. The van der Waals surface area contributed by atoms with E-state index >= 15 is 0 Å². The summed E-state index contributed by atoms with van der Waals surface area (Å²) < 4.78 is 11.6. The van der Waals surface area contributed by atoms with Crippen LogP contribution in [0.5, 0.6) is 11.8 Å². The highest BCUT2D eigenvalue weighted by molar-refractivity contribution is 6.08. The fourth-order valence-electron chi connectivity index (χ4n) is 1.79. The van der Waals surface area contributed by atoms with Crippen molar-refractivity contribution in [3.05, 3.63) is 29.3 Å². The third-order valence-electron chi connectivity index (χ3n) is 2.86. The predicted molar refractivity (Wildman–Crippen MR) is 71.2 cm³/mol. The molecule has 0 N–H and O–H groups in total. The van der Waals surface area contributed by atoms with E-state index in [1.54, 1.807) is 13.1 Å². The van der Waals surface area contributed by atoms with Crippen molar-refractivity contribution in [3.63, 3.8) is 0 Å². The number of methoxy groups -OCH3 is 2. The van der Waals surface area contributed by atoms with Gasteiger partial charge in [-0.3, -0.25) is 9.48 Å². The zero-order chi connectivity index (χ0) is 14.7. The third kappa shape index (κ3) is 2.47. The number of carbonyl (C=O) groups excluding carboxylic acids is 1. The van der Waals surface area contributed by atoms with Crippen LogP contribution in [0.3, 0.4) is 0 Å². The van der Waals surface area contributed by atoms with Crippen LogP contribution in [0.25, 0.3) is 0 Å². The van der Waals surface area contributed by atoms with Gasteiger partial charge in [0.05, 0.1) is 26.1 Å². The van der Waals surface area contributed by atoms with Crippen LogP contribution in [-0.4, -0.2) is 39.8 Å². The standard InChI is InChI=1S/C13H16N4O3/c1-5-8-6-9(17(2)16-8)12(18)11-13(20-4)15-10(19-3)7-14-11/h6-7H,5H2,1-4H3. The molecule has 2 heterocycles. The van der Waals surface area contributed by atoms with Crippen molar-refractivity contribution < 1.29 is 14.3 Å². The van der Waals surface area contributed by atoms with E-state index in [2.05, 4.69) is 15.1 Å². The molecule has 2 aromatic rings. The fourth-order valence-corrected chi connectivity index (χ4v) is 1.79. The number of aromatic nitrogens is 4. The average molecular weight is 276 g/mol. The second kappa shape index (κ2) is 5.68. The van der Waals surface area contributed by atoms with Crippen LogP contribution < -0.4 is 9.47 Å². The normalized spacial score (nSPS) is 10.4. The Bertz CT molecular complexity index is 637. The second-order valence-corrected chi connectivity index (χ2v) is 4.10. The molecule has 0 amide bonds. The van der Waals surface area contributed by atoms with Gasteiger partial charge in [0, 0.05) is 7.05 Å². The molecular formula is C13H16N4O3. The number of rotatable bonds is 5. The molecule has 0 aliphatic heterocycles. The Balaban J connectivity index is 2.44. The maximum atomic E-state index is 12.5. The topological polar surface area (TPSA) is 79.1 Å². The summed E-state index contributed by atoms with van der Waals surface area (Å²) in [4.78, 5) is 20.6. The summed E-state index contributed by atoms with van der Waals surface area (Å²) in [6.07, 6.45) is 2.14. The summed E-state index contributed by atoms with van der Waals surface area (Å²) in [6.45, 7) is 1.98. The molecule has 0 bridgehead atoms. The first-order valence-electron chi connectivity index (χ1n) is 6.13. The SMILES string of the molecule is CCc1cc(C(=O)c2ncc(OC)nc2OC)n(C)n1. The highest BCUT2D eigenvalue weighted by Gasteiger charge is 2.22. The monoisotopic (exact) mass is 276 g/mol. The van der Waals surface area contributed by atoms with Gasteiger partial charge in [0.2, 0.25) is 17.5 Å². The molecule has 0 saturated carbocycles. The molecule has 106 valence electrons. The van der Waals surface area contributed by atoms with Gasteiger partial charge in [0.15, 0.2) is 5.69 Å². The first-order chi connectivity index (χ1) is 9.60. The van der Waals surface area contributed by atoms with Crippen LogP contribution in [0.1, 0.15) is 28.8 Å². The maximum Gasteiger partial charge on any atom is 0.247 e. The minimum absolute atomic E-state index is 0.133. The zero-order valence-corrected chi connectivity index (χ0v) is 11.9. The molecule has 0 saturated heterocycles. The molecule has 0 aliphatic rings. The molecule has 0 fully saturated rings. The van der Waals surface area contributed by atoms with Gasteiger partial charge in [-0.2, -0.15) is 10.1 Å². The molecule has 0 atom stereocenters. The summed E-state index contributed by atoms with van der Waals surface area (Å²) >= 11 is 0. The molecule has 0 spiro atoms. The van der Waals surface area contributed by atoms with Gasteiger partial charge in [0.1, 0.15) is 5.69 Å². The molecule has 2 rings (SSSR count). The van der Waals surface area contributed by atoms with E-state index in [0.29, 0.717) is 5.69 Å². The highest BCUT2D eigenvalue weighted by atomic mass is 16.5. The largest absolute Gasteiger partial charge is 0.480 e. The third-order valence-corrected chi connectivity index (χ3v) is 2.86. The number of ketones is 1. The molecular weight excluding hydrogens is 260 g/mol. The van der Waals surface area contributed by atoms with Crippen LogP contribution in [0.2, 0.25) is 0 Å². The van der Waals surface area contributed by atoms with Gasteiger partial charge in [-0.25, -0.2) is 4.98 Å². The lowest BCUT2D eigenvalue weighted by Gasteiger charge is -2.07. The van der Waals surface area contributed by atoms with Crippen molar-refractivity contribution in [2.75, 3.05) is 14.2 Å². The van der Waals surface area contributed by atoms with E-state index in [-0.39, 0.29) is 23.2 Å². The molecule has 7 heteroatoms. The number of ether oxygens (including phenoxy) is 2. The highest BCUT2D eigenvalue weighted by Crippen LogP contribution is 2.20. The number of aryl methyl sites for hydroxylation is 2. The van der Waals surface area contributed by atoms with Crippen molar-refractivity contribution in [2.45, 2.75) is 13.3 Å². The predicted octanol–water partition coefficient (Wildman–Crippen LogP) is 1.02. The van der Waals surface area contributed by atoms with Crippen molar-refractivity contribution in [1.82, 2.24) is 19.7 Å². The number of nitrogens with zero attached hydrogens (tertiary/aromatic N) is 4. The van der Waals surface area contributed by atoms with Gasteiger partial charge < -0.3 is 9.47 Å². The van der Waals surface area contributed by atoms with Crippen molar-refractivity contribution >= 4 is 5.78 Å². The maximum absolute atomic E-state index is 12.5. The molecule has 20 heavy (non-hydrogen) atoms. The van der Waals surface area contributed by atoms with Gasteiger partial charge >= 0.3 is 0 Å². The van der Waals surface area contributed by atoms with E-state index in [0.717, 1.165) is 12.1 Å². The summed E-state index contributed by atoms with van der Waals surface area (Å²) in [5, 5.41) is 4.25. The Morgan fingerprint density at radius 1 is 1.35 bits per heavy atom. The molecule has 2 aromatic heterocycles. The van der Waals surface area contributed by atoms with Crippen LogP contribution in [-0.2, 0) is 13.5 Å². The Morgan fingerprint density at radius 3 is 2.65 bits per heavy atom. The van der Waals surface area contributed by atoms with E-state index < -0.39 is 0 Å². The smallest absolute Gasteiger partial charge is 0.247 e. The first-order valence-corrected chi connectivity index (χ1v) is 6.13. The number of hydrogen-bond donors (Lipinski definition) is 0. The Labute approximate surface area is 116 Å². The minimum Gasteiger partial charge on any atom is -0.480 e. The number of hydrogen-bond acceptors (Lipinski definition) is 6. The van der Waals surface area contributed by atoms with Crippen LogP contribution >= 0.6 is 0 Å². The lowest BCUT2D eigenvalue weighted by molar-refractivity contribution is 0.102. The van der Waals surface area contributed by atoms with Crippen molar-refractivity contribution in [3.8, 4) is 11.8 Å². The summed E-state index contributed by atoms with van der Waals surface area (Å²) in [5.41, 5.74) is 1.43. The van der Waals surface area contributed by atoms with Crippen molar-refractivity contribution in [1.29, 1.82) is 0 Å². The Morgan fingerprint density at radius 2 is 2.10 bits per heavy atom. The fraction of sp³-hybridized carbons (Fsp3) is 0.385.